The van der Waals surface area contributed by atoms with Gasteiger partial charge in [-0.05, 0) is 25.1 Å². The van der Waals surface area contributed by atoms with Crippen molar-refractivity contribution in [2.24, 2.45) is 0 Å². The highest BCUT2D eigenvalue weighted by Gasteiger charge is 2.18. The number of carbonyl (C=O) groups excluding carboxylic acids is 1. The number of phenolic OH excluding ortho intramolecular Hbond substituents is 2. The van der Waals surface area contributed by atoms with E-state index in [2.05, 4.69) is 0 Å². The SMILES string of the molecule is CC1=CC(=O)/C(=C/c2ccc(O)cc2O)O1. The molecule has 1 heterocycles. The highest BCUT2D eigenvalue weighted by Crippen LogP contribution is 2.27. The van der Waals surface area contributed by atoms with Crippen molar-refractivity contribution >= 4 is 11.9 Å². The molecular formula is C12H10O4. The summed E-state index contributed by atoms with van der Waals surface area (Å²) in [6.07, 6.45) is 2.81. The molecule has 0 atom stereocenters. The maximum absolute atomic E-state index is 11.4. The van der Waals surface area contributed by atoms with Crippen LogP contribution in [-0.2, 0) is 9.53 Å². The zero-order valence-corrected chi connectivity index (χ0v) is 8.60. The number of phenols is 2. The lowest BCUT2D eigenvalue weighted by Crippen LogP contribution is -1.92. The lowest BCUT2D eigenvalue weighted by Gasteiger charge is -2.02. The average Bonchev–Trinajstić information content (AvgIpc) is 2.50. The van der Waals surface area contributed by atoms with Crippen molar-refractivity contribution in [2.45, 2.75) is 6.92 Å². The second-order valence-electron chi connectivity index (χ2n) is 3.47. The fourth-order valence-electron chi connectivity index (χ4n) is 1.40. The van der Waals surface area contributed by atoms with Gasteiger partial charge in [0, 0.05) is 17.7 Å². The molecule has 0 aliphatic carbocycles. The van der Waals surface area contributed by atoms with Crippen LogP contribution in [-0.4, -0.2) is 16.0 Å². The Labute approximate surface area is 92.1 Å². The molecular weight excluding hydrogens is 208 g/mol. The van der Waals surface area contributed by atoms with Gasteiger partial charge in [-0.15, -0.1) is 0 Å². The number of allylic oxidation sites excluding steroid dienone is 2. The summed E-state index contributed by atoms with van der Waals surface area (Å²) in [6.45, 7) is 1.68. The summed E-state index contributed by atoms with van der Waals surface area (Å²) >= 11 is 0. The predicted molar refractivity (Wildman–Crippen MR) is 57.6 cm³/mol. The summed E-state index contributed by atoms with van der Waals surface area (Å²) in [5, 5.41) is 18.6. The third kappa shape index (κ3) is 1.91. The zero-order chi connectivity index (χ0) is 11.7. The molecule has 2 N–H and O–H groups in total. The van der Waals surface area contributed by atoms with Gasteiger partial charge in [0.1, 0.15) is 17.3 Å². The van der Waals surface area contributed by atoms with Crippen molar-refractivity contribution in [1.29, 1.82) is 0 Å². The van der Waals surface area contributed by atoms with Gasteiger partial charge in [0.2, 0.25) is 5.78 Å². The van der Waals surface area contributed by atoms with E-state index in [0.717, 1.165) is 0 Å². The van der Waals surface area contributed by atoms with E-state index in [4.69, 9.17) is 9.84 Å². The van der Waals surface area contributed by atoms with E-state index in [0.29, 0.717) is 11.3 Å². The minimum absolute atomic E-state index is 0.0346. The van der Waals surface area contributed by atoms with Crippen LogP contribution in [0, 0.1) is 0 Å². The first kappa shape index (κ1) is 10.3. The van der Waals surface area contributed by atoms with Crippen LogP contribution in [0.3, 0.4) is 0 Å². The highest BCUT2D eigenvalue weighted by molar-refractivity contribution is 6.07. The second-order valence-corrected chi connectivity index (χ2v) is 3.47. The molecule has 1 aromatic rings. The van der Waals surface area contributed by atoms with E-state index in [1.54, 1.807) is 6.92 Å². The Hall–Kier alpha value is -2.23. The van der Waals surface area contributed by atoms with Gasteiger partial charge in [0.25, 0.3) is 0 Å². The van der Waals surface area contributed by atoms with E-state index in [1.165, 1.54) is 30.4 Å². The predicted octanol–water partition coefficient (Wildman–Crippen LogP) is 1.94. The summed E-state index contributed by atoms with van der Waals surface area (Å²) in [6, 6.07) is 4.12. The van der Waals surface area contributed by atoms with Crippen molar-refractivity contribution in [3.8, 4) is 11.5 Å². The molecule has 16 heavy (non-hydrogen) atoms. The maximum atomic E-state index is 11.4. The van der Waals surface area contributed by atoms with E-state index in [9.17, 15) is 9.90 Å². The van der Waals surface area contributed by atoms with Crippen molar-refractivity contribution in [1.82, 2.24) is 0 Å². The van der Waals surface area contributed by atoms with Gasteiger partial charge in [-0.25, -0.2) is 0 Å². The molecule has 0 amide bonds. The fourth-order valence-corrected chi connectivity index (χ4v) is 1.40. The molecule has 82 valence electrons. The third-order valence-electron chi connectivity index (χ3n) is 2.15. The van der Waals surface area contributed by atoms with Gasteiger partial charge in [0.05, 0.1) is 0 Å². The van der Waals surface area contributed by atoms with Gasteiger partial charge < -0.3 is 14.9 Å². The van der Waals surface area contributed by atoms with Gasteiger partial charge in [-0.1, -0.05) is 0 Å². The van der Waals surface area contributed by atoms with Crippen molar-refractivity contribution in [3.05, 3.63) is 41.4 Å². The molecule has 0 aromatic heterocycles. The number of benzene rings is 1. The van der Waals surface area contributed by atoms with Crippen LogP contribution in [0.1, 0.15) is 12.5 Å². The third-order valence-corrected chi connectivity index (χ3v) is 2.15. The normalized spacial score (nSPS) is 17.4. The first-order valence-electron chi connectivity index (χ1n) is 4.70. The Morgan fingerprint density at radius 2 is 2.06 bits per heavy atom. The van der Waals surface area contributed by atoms with Gasteiger partial charge in [-0.3, -0.25) is 4.79 Å². The zero-order valence-electron chi connectivity index (χ0n) is 8.60. The molecule has 4 nitrogen and oxygen atoms in total. The lowest BCUT2D eigenvalue weighted by atomic mass is 10.1. The smallest absolute Gasteiger partial charge is 0.224 e. The maximum Gasteiger partial charge on any atom is 0.224 e. The molecule has 0 radical (unpaired) electrons. The van der Waals surface area contributed by atoms with E-state index in [1.807, 2.05) is 0 Å². The van der Waals surface area contributed by atoms with Gasteiger partial charge in [0.15, 0.2) is 5.76 Å². The quantitative estimate of drug-likeness (QED) is 0.707. The molecule has 0 unspecified atom stereocenters. The van der Waals surface area contributed by atoms with Crippen LogP contribution in [0.5, 0.6) is 11.5 Å². The Morgan fingerprint density at radius 3 is 2.62 bits per heavy atom. The Kier molecular flexibility index (Phi) is 2.40. The van der Waals surface area contributed by atoms with Crippen LogP contribution >= 0.6 is 0 Å². The van der Waals surface area contributed by atoms with Crippen molar-refractivity contribution in [3.63, 3.8) is 0 Å². The highest BCUT2D eigenvalue weighted by atomic mass is 16.5. The van der Waals surface area contributed by atoms with E-state index in [-0.39, 0.29) is 23.0 Å². The molecule has 4 heteroatoms. The number of hydrogen-bond donors (Lipinski definition) is 2. The van der Waals surface area contributed by atoms with Gasteiger partial charge in [-0.2, -0.15) is 0 Å². The molecule has 1 aromatic carbocycles. The van der Waals surface area contributed by atoms with Crippen LogP contribution < -0.4 is 0 Å². The number of hydrogen-bond acceptors (Lipinski definition) is 4. The first-order chi connectivity index (χ1) is 7.56. The second kappa shape index (κ2) is 3.73. The molecule has 2 rings (SSSR count). The summed E-state index contributed by atoms with van der Waals surface area (Å²) in [5.41, 5.74) is 0.421. The van der Waals surface area contributed by atoms with E-state index < -0.39 is 0 Å². The minimum Gasteiger partial charge on any atom is -0.508 e. The van der Waals surface area contributed by atoms with Crippen molar-refractivity contribution < 1.29 is 19.7 Å². The summed E-state index contributed by atoms with van der Waals surface area (Å²) in [4.78, 5) is 11.4. The summed E-state index contributed by atoms with van der Waals surface area (Å²) in [5.74, 6) is 0.319. The average molecular weight is 218 g/mol. The number of aromatic hydroxyl groups is 2. The summed E-state index contributed by atoms with van der Waals surface area (Å²) < 4.78 is 5.16. The first-order valence-corrected chi connectivity index (χ1v) is 4.70. The molecule has 1 aliphatic rings. The van der Waals surface area contributed by atoms with Crippen LogP contribution in [0.15, 0.2) is 35.8 Å². The molecule has 1 aliphatic heterocycles. The van der Waals surface area contributed by atoms with Crippen LogP contribution in [0.25, 0.3) is 6.08 Å². The molecule has 0 fully saturated rings. The lowest BCUT2D eigenvalue weighted by molar-refractivity contribution is -0.112. The molecule has 0 saturated carbocycles. The minimum atomic E-state index is -0.232. The molecule has 0 saturated heterocycles. The van der Waals surface area contributed by atoms with E-state index >= 15 is 0 Å². The number of ketones is 1. The largest absolute Gasteiger partial charge is 0.508 e. The monoisotopic (exact) mass is 218 g/mol. The summed E-state index contributed by atoms with van der Waals surface area (Å²) in [7, 11) is 0. The Morgan fingerprint density at radius 1 is 1.31 bits per heavy atom. The fraction of sp³-hybridized carbons (Fsp3) is 0.0833. The Balaban J connectivity index is 2.34. The van der Waals surface area contributed by atoms with Crippen LogP contribution in [0.2, 0.25) is 0 Å². The number of ether oxygens (including phenoxy) is 1. The van der Waals surface area contributed by atoms with Crippen molar-refractivity contribution in [2.75, 3.05) is 0 Å². The van der Waals surface area contributed by atoms with Gasteiger partial charge >= 0.3 is 0 Å². The number of rotatable bonds is 1. The molecule has 0 bridgehead atoms. The van der Waals surface area contributed by atoms with Crippen LogP contribution in [0.4, 0.5) is 0 Å². The Bertz CT molecular complexity index is 512. The standard InChI is InChI=1S/C12H10O4/c1-7-4-11(15)12(16-7)5-8-2-3-9(13)6-10(8)14/h2-6,13-14H,1H3/b12-5-. The molecule has 0 spiro atoms. The topological polar surface area (TPSA) is 66.8 Å². The number of carbonyl (C=O) groups is 1.